The number of carbonyl (C=O) groups is 4. The molecular formula is C47H91N3O7. The van der Waals surface area contributed by atoms with Gasteiger partial charge in [0.25, 0.3) is 0 Å². The number of carbonyl (C=O) groups excluding carboxylic acids is 4. The minimum Gasteiger partial charge on any atom is -0.379 e. The number of nitrogens with one attached hydrogen (secondary N) is 3. The van der Waals surface area contributed by atoms with Gasteiger partial charge in [-0.15, -0.1) is 0 Å². The molecule has 0 saturated carbocycles. The van der Waals surface area contributed by atoms with Crippen LogP contribution in [0.3, 0.4) is 0 Å². The number of Topliss-reactive ketones (excluding diaryl/α,β-unsaturated/α-hetero) is 1. The molecule has 336 valence electrons. The van der Waals surface area contributed by atoms with Crippen LogP contribution in [0, 0.1) is 5.92 Å². The van der Waals surface area contributed by atoms with E-state index in [-0.39, 0.29) is 29.4 Å². The predicted octanol–water partition coefficient (Wildman–Crippen LogP) is 10.3. The molecule has 0 fully saturated rings. The fraction of sp³-hybridized carbons (Fsp3) is 0.915. The molecule has 3 N–H and O–H groups in total. The summed E-state index contributed by atoms with van der Waals surface area (Å²) in [5.41, 5.74) is 0. The minimum atomic E-state index is -0.334. The van der Waals surface area contributed by atoms with Crippen molar-refractivity contribution < 1.29 is 33.4 Å². The van der Waals surface area contributed by atoms with Crippen molar-refractivity contribution in [3.63, 3.8) is 0 Å². The number of unbranched alkanes of at least 4 members (excludes halogenated alkanes) is 21. The third-order valence-electron chi connectivity index (χ3n) is 10.6. The van der Waals surface area contributed by atoms with E-state index >= 15 is 0 Å². The van der Waals surface area contributed by atoms with Crippen LogP contribution in [-0.2, 0) is 33.4 Å². The number of rotatable bonds is 46. The lowest BCUT2D eigenvalue weighted by Gasteiger charge is -2.17. The van der Waals surface area contributed by atoms with Crippen molar-refractivity contribution >= 4 is 23.5 Å². The molecule has 10 nitrogen and oxygen atoms in total. The van der Waals surface area contributed by atoms with Gasteiger partial charge in [0.15, 0.2) is 0 Å². The lowest BCUT2D eigenvalue weighted by Crippen LogP contribution is -2.33. The Hall–Kier alpha value is -2.04. The van der Waals surface area contributed by atoms with E-state index in [4.69, 9.17) is 14.2 Å². The van der Waals surface area contributed by atoms with Gasteiger partial charge in [0.1, 0.15) is 5.78 Å². The molecule has 0 aliphatic rings. The molecule has 0 unspecified atom stereocenters. The van der Waals surface area contributed by atoms with Gasteiger partial charge in [-0.2, -0.15) is 0 Å². The average Bonchev–Trinajstić information content (AvgIpc) is 3.19. The van der Waals surface area contributed by atoms with Gasteiger partial charge in [-0.25, -0.2) is 0 Å². The fourth-order valence-corrected chi connectivity index (χ4v) is 6.98. The van der Waals surface area contributed by atoms with Crippen LogP contribution in [0.1, 0.15) is 213 Å². The zero-order chi connectivity index (χ0) is 41.7. The van der Waals surface area contributed by atoms with Gasteiger partial charge in [0.05, 0.1) is 26.4 Å². The first kappa shape index (κ1) is 55.0. The van der Waals surface area contributed by atoms with E-state index in [0.717, 1.165) is 44.9 Å². The molecule has 0 spiro atoms. The maximum Gasteiger partial charge on any atom is 0.223 e. The quantitative estimate of drug-likeness (QED) is 0.0522. The Kier molecular flexibility index (Phi) is 43.4. The molecule has 10 heteroatoms. The van der Waals surface area contributed by atoms with E-state index in [1.807, 2.05) is 0 Å². The molecular weight excluding hydrogens is 719 g/mol. The lowest BCUT2D eigenvalue weighted by atomic mass is 9.93. The standard InChI is InChI=1S/C47H91N3O7/c1-4-6-8-10-12-14-16-18-20-22-24-31-45(52)42-44(30-26-27-33-49-46(53)32-25-23-21-19-17-15-13-11-9-7-5-2)47(54)50-35-29-37-56-39-41-57-40-38-55-36-28-34-48-43(3)51/h44H,4-42H2,1-3H3,(H,48,51)(H,49,53)(H,50,54)/t44-/m0/s1. The Morgan fingerprint density at radius 2 is 0.825 bits per heavy atom. The Morgan fingerprint density at radius 3 is 1.30 bits per heavy atom. The summed E-state index contributed by atoms with van der Waals surface area (Å²) in [6, 6.07) is 0. The molecule has 0 aliphatic carbocycles. The van der Waals surface area contributed by atoms with E-state index in [0.29, 0.717) is 91.4 Å². The average molecular weight is 810 g/mol. The summed E-state index contributed by atoms with van der Waals surface area (Å²) in [5.74, 6) is -0.111. The number of amides is 3. The monoisotopic (exact) mass is 810 g/mol. The molecule has 0 saturated heterocycles. The van der Waals surface area contributed by atoms with Crippen LogP contribution in [-0.4, -0.2) is 82.8 Å². The van der Waals surface area contributed by atoms with Gasteiger partial charge in [0.2, 0.25) is 17.7 Å². The van der Waals surface area contributed by atoms with Gasteiger partial charge < -0.3 is 30.2 Å². The molecule has 0 aliphatic heterocycles. The van der Waals surface area contributed by atoms with Crippen molar-refractivity contribution in [2.75, 3.05) is 59.3 Å². The van der Waals surface area contributed by atoms with Crippen LogP contribution in [0.4, 0.5) is 0 Å². The summed E-state index contributed by atoms with van der Waals surface area (Å²) in [4.78, 5) is 49.4. The zero-order valence-electron chi connectivity index (χ0n) is 37.5. The molecule has 0 bridgehead atoms. The summed E-state index contributed by atoms with van der Waals surface area (Å²) in [7, 11) is 0. The van der Waals surface area contributed by atoms with Gasteiger partial charge in [0, 0.05) is 65.0 Å². The zero-order valence-corrected chi connectivity index (χ0v) is 37.5. The Bertz CT molecular complexity index is 919. The molecule has 0 rings (SSSR count). The largest absolute Gasteiger partial charge is 0.379 e. The smallest absolute Gasteiger partial charge is 0.223 e. The molecule has 0 aromatic heterocycles. The third kappa shape index (κ3) is 43.4. The van der Waals surface area contributed by atoms with E-state index in [1.165, 1.54) is 122 Å². The number of hydrogen-bond donors (Lipinski definition) is 3. The van der Waals surface area contributed by atoms with E-state index < -0.39 is 0 Å². The van der Waals surface area contributed by atoms with Crippen LogP contribution in [0.5, 0.6) is 0 Å². The normalized spacial score (nSPS) is 11.8. The SMILES string of the molecule is CCCCCCCCCCCCCC(=O)C[C@H](CCCCNC(=O)CCCCCCCCCCCCC)C(=O)NCCCOCCOCCOCCCNC(C)=O. The van der Waals surface area contributed by atoms with Crippen molar-refractivity contribution in [3.8, 4) is 0 Å². The second-order valence-corrected chi connectivity index (χ2v) is 16.2. The van der Waals surface area contributed by atoms with Crippen molar-refractivity contribution in [2.24, 2.45) is 5.92 Å². The molecule has 0 radical (unpaired) electrons. The number of hydrogen-bond acceptors (Lipinski definition) is 7. The predicted molar refractivity (Wildman–Crippen MR) is 236 cm³/mol. The highest BCUT2D eigenvalue weighted by Crippen LogP contribution is 2.18. The first-order valence-electron chi connectivity index (χ1n) is 23.9. The molecule has 1 atom stereocenters. The summed E-state index contributed by atoms with van der Waals surface area (Å²) >= 11 is 0. The highest BCUT2D eigenvalue weighted by Gasteiger charge is 2.21. The Morgan fingerprint density at radius 1 is 0.421 bits per heavy atom. The van der Waals surface area contributed by atoms with E-state index in [1.54, 1.807) is 0 Å². The highest BCUT2D eigenvalue weighted by molar-refractivity contribution is 5.86. The van der Waals surface area contributed by atoms with Crippen molar-refractivity contribution in [3.05, 3.63) is 0 Å². The number of ketones is 1. The summed E-state index contributed by atoms with van der Waals surface area (Å²) in [6.45, 7) is 10.8. The minimum absolute atomic E-state index is 0.0315. The maximum atomic E-state index is 13.2. The lowest BCUT2D eigenvalue weighted by molar-refractivity contribution is -0.129. The number of ether oxygens (including phenoxy) is 3. The van der Waals surface area contributed by atoms with Gasteiger partial charge in [-0.3, -0.25) is 19.2 Å². The first-order chi connectivity index (χ1) is 27.9. The summed E-state index contributed by atoms with van der Waals surface area (Å²) in [6.07, 6.45) is 32.9. The molecule has 0 aromatic rings. The van der Waals surface area contributed by atoms with E-state index in [9.17, 15) is 19.2 Å². The van der Waals surface area contributed by atoms with Crippen LogP contribution in [0.2, 0.25) is 0 Å². The van der Waals surface area contributed by atoms with Crippen LogP contribution >= 0.6 is 0 Å². The summed E-state index contributed by atoms with van der Waals surface area (Å²) < 4.78 is 16.7. The van der Waals surface area contributed by atoms with Crippen molar-refractivity contribution in [1.82, 2.24) is 16.0 Å². The van der Waals surface area contributed by atoms with E-state index in [2.05, 4.69) is 29.8 Å². The second kappa shape index (κ2) is 45.1. The topological polar surface area (TPSA) is 132 Å². The highest BCUT2D eigenvalue weighted by atomic mass is 16.5. The molecule has 57 heavy (non-hydrogen) atoms. The first-order valence-corrected chi connectivity index (χ1v) is 23.9. The van der Waals surface area contributed by atoms with Crippen LogP contribution in [0.25, 0.3) is 0 Å². The maximum absolute atomic E-state index is 13.2. The Labute approximate surface area is 350 Å². The van der Waals surface area contributed by atoms with Gasteiger partial charge in [-0.05, 0) is 38.5 Å². The molecule has 3 amide bonds. The van der Waals surface area contributed by atoms with Gasteiger partial charge in [-0.1, -0.05) is 149 Å². The fourth-order valence-electron chi connectivity index (χ4n) is 6.98. The van der Waals surface area contributed by atoms with Crippen molar-refractivity contribution in [1.29, 1.82) is 0 Å². The summed E-state index contributed by atoms with van der Waals surface area (Å²) in [5, 5.41) is 8.85. The third-order valence-corrected chi connectivity index (χ3v) is 10.6. The van der Waals surface area contributed by atoms with Crippen LogP contribution < -0.4 is 16.0 Å². The van der Waals surface area contributed by atoms with Crippen LogP contribution in [0.15, 0.2) is 0 Å². The second-order valence-electron chi connectivity index (χ2n) is 16.2. The molecule has 0 aromatic carbocycles. The van der Waals surface area contributed by atoms with Gasteiger partial charge >= 0.3 is 0 Å². The Balaban J connectivity index is 4.29. The van der Waals surface area contributed by atoms with Crippen molar-refractivity contribution in [2.45, 2.75) is 213 Å². The molecule has 0 heterocycles.